The van der Waals surface area contributed by atoms with E-state index < -0.39 is 0 Å². The Hall–Kier alpha value is -3.22. The van der Waals surface area contributed by atoms with Crippen LogP contribution in [0, 0.1) is 0 Å². The normalized spacial score (nSPS) is 16.6. The molecule has 30 heavy (non-hydrogen) atoms. The zero-order valence-corrected chi connectivity index (χ0v) is 17.4. The standard InChI is InChI=1S/C23H26N6O/c1-16(2)30-20-4-3-18-13-26-23(21(18)12-20)17-5-8-25-22(11-17)28-9-6-19(7-10-28)29-15-24-14-27-29/h3-5,8,11-12,14-16,19H,6-7,9-10,13H2,1-2H3. The summed E-state index contributed by atoms with van der Waals surface area (Å²) in [5.74, 6) is 1.90. The van der Waals surface area contributed by atoms with E-state index in [1.807, 2.05) is 37.1 Å². The van der Waals surface area contributed by atoms with Crippen molar-refractivity contribution in [2.24, 2.45) is 4.99 Å². The molecule has 0 unspecified atom stereocenters. The molecule has 4 heterocycles. The number of rotatable bonds is 5. The Kier molecular flexibility index (Phi) is 4.94. The Morgan fingerprint density at radius 1 is 1.10 bits per heavy atom. The van der Waals surface area contributed by atoms with Gasteiger partial charge < -0.3 is 9.64 Å². The van der Waals surface area contributed by atoms with E-state index in [9.17, 15) is 0 Å². The maximum atomic E-state index is 5.90. The highest BCUT2D eigenvalue weighted by molar-refractivity contribution is 6.15. The van der Waals surface area contributed by atoms with Crippen LogP contribution >= 0.6 is 0 Å². The van der Waals surface area contributed by atoms with Crippen LogP contribution in [0.15, 0.2) is 54.2 Å². The number of hydrogen-bond acceptors (Lipinski definition) is 6. The van der Waals surface area contributed by atoms with Gasteiger partial charge in [0.1, 0.15) is 24.2 Å². The van der Waals surface area contributed by atoms with Crippen LogP contribution in [-0.2, 0) is 6.54 Å². The van der Waals surface area contributed by atoms with Crippen molar-refractivity contribution in [3.63, 3.8) is 0 Å². The molecule has 0 radical (unpaired) electrons. The van der Waals surface area contributed by atoms with Gasteiger partial charge >= 0.3 is 0 Å². The first-order valence-corrected chi connectivity index (χ1v) is 10.6. The molecule has 0 aliphatic carbocycles. The zero-order chi connectivity index (χ0) is 20.5. The van der Waals surface area contributed by atoms with Crippen LogP contribution < -0.4 is 9.64 Å². The smallest absolute Gasteiger partial charge is 0.137 e. The summed E-state index contributed by atoms with van der Waals surface area (Å²) in [5.41, 5.74) is 4.54. The Balaban J connectivity index is 1.34. The van der Waals surface area contributed by atoms with Crippen molar-refractivity contribution in [1.29, 1.82) is 0 Å². The van der Waals surface area contributed by atoms with Gasteiger partial charge in [0.25, 0.3) is 0 Å². The number of benzene rings is 1. The SMILES string of the molecule is CC(C)Oc1ccc2c(c1)C(c1ccnc(N3CCC(n4cncn4)CC3)c1)=NC2. The summed E-state index contributed by atoms with van der Waals surface area (Å²) < 4.78 is 7.87. The van der Waals surface area contributed by atoms with E-state index in [0.717, 1.165) is 54.3 Å². The minimum atomic E-state index is 0.151. The molecule has 7 nitrogen and oxygen atoms in total. The van der Waals surface area contributed by atoms with Gasteiger partial charge in [0.15, 0.2) is 0 Å². The minimum absolute atomic E-state index is 0.151. The first kappa shape index (κ1) is 18.8. The van der Waals surface area contributed by atoms with E-state index in [1.54, 1.807) is 6.33 Å². The largest absolute Gasteiger partial charge is 0.491 e. The highest BCUT2D eigenvalue weighted by Gasteiger charge is 2.23. The van der Waals surface area contributed by atoms with Gasteiger partial charge in [-0.3, -0.25) is 4.99 Å². The third kappa shape index (κ3) is 3.67. The Morgan fingerprint density at radius 3 is 2.73 bits per heavy atom. The predicted molar refractivity (Wildman–Crippen MR) is 116 cm³/mol. The van der Waals surface area contributed by atoms with Crippen LogP contribution in [0.4, 0.5) is 5.82 Å². The maximum absolute atomic E-state index is 5.90. The fourth-order valence-corrected chi connectivity index (χ4v) is 4.26. The molecule has 7 heteroatoms. The van der Waals surface area contributed by atoms with E-state index in [0.29, 0.717) is 12.6 Å². The lowest BCUT2D eigenvalue weighted by Gasteiger charge is -2.32. The topological polar surface area (TPSA) is 68.4 Å². The molecule has 2 aromatic heterocycles. The number of fused-ring (bicyclic) bond motifs is 1. The number of nitrogens with zero attached hydrogens (tertiary/aromatic N) is 6. The molecule has 0 saturated carbocycles. The number of piperidine rings is 1. The van der Waals surface area contributed by atoms with Gasteiger partial charge in [-0.05, 0) is 56.5 Å². The molecular formula is C23H26N6O. The Morgan fingerprint density at radius 2 is 1.97 bits per heavy atom. The van der Waals surface area contributed by atoms with Crippen molar-refractivity contribution in [3.05, 3.63) is 65.9 Å². The fraction of sp³-hybridized carbons (Fsp3) is 0.391. The summed E-state index contributed by atoms with van der Waals surface area (Å²) >= 11 is 0. The van der Waals surface area contributed by atoms with E-state index in [-0.39, 0.29) is 6.10 Å². The lowest BCUT2D eigenvalue weighted by atomic mass is 10.00. The Bertz CT molecular complexity index is 1050. The summed E-state index contributed by atoms with van der Waals surface area (Å²) in [6.45, 7) is 6.72. The first-order valence-electron chi connectivity index (χ1n) is 10.6. The Labute approximate surface area is 176 Å². The van der Waals surface area contributed by atoms with Crippen LogP contribution in [0.25, 0.3) is 0 Å². The van der Waals surface area contributed by atoms with Gasteiger partial charge in [0.2, 0.25) is 0 Å². The summed E-state index contributed by atoms with van der Waals surface area (Å²) in [6, 6.07) is 10.9. The molecule has 0 amide bonds. The number of hydrogen-bond donors (Lipinski definition) is 0. The quantitative estimate of drug-likeness (QED) is 0.652. The van der Waals surface area contributed by atoms with Gasteiger partial charge in [0, 0.05) is 30.4 Å². The average molecular weight is 403 g/mol. The van der Waals surface area contributed by atoms with Crippen LogP contribution in [0.2, 0.25) is 0 Å². The van der Waals surface area contributed by atoms with Gasteiger partial charge in [0.05, 0.1) is 24.4 Å². The molecule has 2 aliphatic heterocycles. The second kappa shape index (κ2) is 7.89. The van der Waals surface area contributed by atoms with Gasteiger partial charge in [-0.15, -0.1) is 0 Å². The van der Waals surface area contributed by atoms with E-state index >= 15 is 0 Å². The molecule has 154 valence electrons. The second-order valence-electron chi connectivity index (χ2n) is 8.15. The number of anilines is 1. The molecule has 1 aromatic carbocycles. The number of aliphatic imine (C=N–C) groups is 1. The van der Waals surface area contributed by atoms with E-state index in [2.05, 4.69) is 44.2 Å². The first-order chi connectivity index (χ1) is 14.7. The maximum Gasteiger partial charge on any atom is 0.137 e. The highest BCUT2D eigenvalue weighted by atomic mass is 16.5. The third-order valence-electron chi connectivity index (χ3n) is 5.73. The number of pyridine rings is 1. The van der Waals surface area contributed by atoms with Gasteiger partial charge in [-0.2, -0.15) is 5.10 Å². The van der Waals surface area contributed by atoms with Crippen LogP contribution in [0.1, 0.15) is 49.4 Å². The van der Waals surface area contributed by atoms with Gasteiger partial charge in [-0.1, -0.05) is 6.07 Å². The van der Waals surface area contributed by atoms with E-state index in [1.165, 1.54) is 5.56 Å². The zero-order valence-electron chi connectivity index (χ0n) is 17.4. The van der Waals surface area contributed by atoms with Crippen molar-refractivity contribution in [2.45, 2.75) is 45.4 Å². The summed E-state index contributed by atoms with van der Waals surface area (Å²) in [4.78, 5) is 15.9. The minimum Gasteiger partial charge on any atom is -0.491 e. The predicted octanol–water partition coefficient (Wildman–Crippen LogP) is 3.65. The average Bonchev–Trinajstić information content (AvgIpc) is 3.44. The van der Waals surface area contributed by atoms with Gasteiger partial charge in [-0.25, -0.2) is 14.6 Å². The van der Waals surface area contributed by atoms with Crippen molar-refractivity contribution in [3.8, 4) is 5.75 Å². The molecule has 1 fully saturated rings. The molecule has 0 bridgehead atoms. The fourth-order valence-electron chi connectivity index (χ4n) is 4.26. The third-order valence-corrected chi connectivity index (χ3v) is 5.73. The molecule has 3 aromatic rings. The van der Waals surface area contributed by atoms with Crippen LogP contribution in [0.3, 0.4) is 0 Å². The van der Waals surface area contributed by atoms with Crippen molar-refractivity contribution in [1.82, 2.24) is 19.7 Å². The molecule has 0 spiro atoms. The molecule has 0 N–H and O–H groups in total. The lowest BCUT2D eigenvalue weighted by Crippen LogP contribution is -2.35. The lowest BCUT2D eigenvalue weighted by molar-refractivity contribution is 0.242. The van der Waals surface area contributed by atoms with Crippen molar-refractivity contribution >= 4 is 11.5 Å². The summed E-state index contributed by atoms with van der Waals surface area (Å²) in [6.07, 6.45) is 7.53. The molecule has 1 saturated heterocycles. The molecule has 2 aliphatic rings. The summed E-state index contributed by atoms with van der Waals surface area (Å²) in [7, 11) is 0. The monoisotopic (exact) mass is 402 g/mol. The number of ether oxygens (including phenoxy) is 1. The van der Waals surface area contributed by atoms with Crippen LogP contribution in [-0.4, -0.2) is 44.7 Å². The number of aromatic nitrogens is 4. The second-order valence-corrected chi connectivity index (χ2v) is 8.15. The van der Waals surface area contributed by atoms with Crippen molar-refractivity contribution in [2.75, 3.05) is 18.0 Å². The molecule has 0 atom stereocenters. The molecular weight excluding hydrogens is 376 g/mol. The van der Waals surface area contributed by atoms with Crippen molar-refractivity contribution < 1.29 is 4.74 Å². The molecule has 5 rings (SSSR count). The summed E-state index contributed by atoms with van der Waals surface area (Å²) in [5, 5.41) is 4.30. The van der Waals surface area contributed by atoms with E-state index in [4.69, 9.17) is 9.73 Å². The van der Waals surface area contributed by atoms with Crippen LogP contribution in [0.5, 0.6) is 5.75 Å². The highest BCUT2D eigenvalue weighted by Crippen LogP contribution is 2.30.